The Hall–Kier alpha value is -1.36. The van der Waals surface area contributed by atoms with Crippen molar-refractivity contribution in [2.75, 3.05) is 19.8 Å². The van der Waals surface area contributed by atoms with Gasteiger partial charge < -0.3 is 14.2 Å². The summed E-state index contributed by atoms with van der Waals surface area (Å²) in [6.07, 6.45) is 7.29. The van der Waals surface area contributed by atoms with Crippen LogP contribution in [0.5, 0.6) is 0 Å². The summed E-state index contributed by atoms with van der Waals surface area (Å²) in [6, 6.07) is 0. The predicted octanol–water partition coefficient (Wildman–Crippen LogP) is 2.49. The Kier molecular flexibility index (Phi) is 4.76. The summed E-state index contributed by atoms with van der Waals surface area (Å²) in [6.45, 7) is 5.63. The average Bonchev–Trinajstić information content (AvgIpc) is 2.51. The van der Waals surface area contributed by atoms with E-state index in [9.17, 15) is 9.59 Å². The van der Waals surface area contributed by atoms with Crippen molar-refractivity contribution in [1.29, 1.82) is 0 Å². The van der Waals surface area contributed by atoms with E-state index in [1.54, 1.807) is 0 Å². The molecular formula is C18H26O5. The van der Waals surface area contributed by atoms with Crippen LogP contribution < -0.4 is 0 Å². The van der Waals surface area contributed by atoms with Crippen molar-refractivity contribution in [1.82, 2.24) is 0 Å². The minimum atomic E-state index is -0.489. The first-order valence-corrected chi connectivity index (χ1v) is 8.60. The largest absolute Gasteiger partial charge is 0.460 e. The Morgan fingerprint density at radius 2 is 1.70 bits per heavy atom. The Bertz CT molecular complexity index is 456. The molecule has 4 rings (SSSR count). The molecule has 0 radical (unpaired) electrons. The molecule has 4 saturated carbocycles. The van der Waals surface area contributed by atoms with Crippen LogP contribution >= 0.6 is 0 Å². The highest BCUT2D eigenvalue weighted by atomic mass is 16.6. The van der Waals surface area contributed by atoms with E-state index in [4.69, 9.17) is 14.2 Å². The third-order valence-corrected chi connectivity index (χ3v) is 5.95. The van der Waals surface area contributed by atoms with Gasteiger partial charge in [-0.2, -0.15) is 0 Å². The predicted molar refractivity (Wildman–Crippen MR) is 83.5 cm³/mol. The van der Waals surface area contributed by atoms with Gasteiger partial charge in [0, 0.05) is 6.08 Å². The maximum Gasteiger partial charge on any atom is 0.332 e. The number of rotatable bonds is 7. The molecule has 0 N–H and O–H groups in total. The van der Waals surface area contributed by atoms with Gasteiger partial charge in [-0.05, 0) is 62.7 Å². The highest BCUT2D eigenvalue weighted by Gasteiger charge is 2.56. The first-order chi connectivity index (χ1) is 11.0. The molecule has 0 aromatic rings. The van der Waals surface area contributed by atoms with Crippen LogP contribution in [0.25, 0.3) is 0 Å². The SMILES string of the molecule is C=CC(=O)OCCOCC(=O)OC1(C)C2CC3CC(C2)CC1C3. The Labute approximate surface area is 137 Å². The van der Waals surface area contributed by atoms with Crippen molar-refractivity contribution in [3.63, 3.8) is 0 Å². The smallest absolute Gasteiger partial charge is 0.332 e. The van der Waals surface area contributed by atoms with Gasteiger partial charge in [-0.3, -0.25) is 0 Å². The summed E-state index contributed by atoms with van der Waals surface area (Å²) in [5.41, 5.74) is -0.316. The van der Waals surface area contributed by atoms with E-state index >= 15 is 0 Å². The van der Waals surface area contributed by atoms with Crippen LogP contribution in [0.15, 0.2) is 12.7 Å². The zero-order valence-electron chi connectivity index (χ0n) is 13.8. The van der Waals surface area contributed by atoms with Gasteiger partial charge in [0.05, 0.1) is 6.61 Å². The second kappa shape index (κ2) is 6.63. The van der Waals surface area contributed by atoms with Gasteiger partial charge in [0.25, 0.3) is 0 Å². The molecule has 0 aromatic carbocycles. The van der Waals surface area contributed by atoms with Gasteiger partial charge >= 0.3 is 11.9 Å². The number of carbonyl (C=O) groups excluding carboxylic acids is 2. The number of carbonyl (C=O) groups is 2. The number of hydrogen-bond donors (Lipinski definition) is 0. The molecule has 4 aliphatic rings. The van der Waals surface area contributed by atoms with Crippen LogP contribution in [0.2, 0.25) is 0 Å². The monoisotopic (exact) mass is 322 g/mol. The van der Waals surface area contributed by atoms with E-state index in [1.807, 2.05) is 0 Å². The van der Waals surface area contributed by atoms with E-state index in [0.29, 0.717) is 11.8 Å². The average molecular weight is 322 g/mol. The number of hydrogen-bond acceptors (Lipinski definition) is 5. The van der Waals surface area contributed by atoms with Gasteiger partial charge in [-0.25, -0.2) is 9.59 Å². The normalized spacial score (nSPS) is 37.4. The molecule has 23 heavy (non-hydrogen) atoms. The summed E-state index contributed by atoms with van der Waals surface area (Å²) in [4.78, 5) is 23.0. The van der Waals surface area contributed by atoms with Crippen molar-refractivity contribution in [3.8, 4) is 0 Å². The fraction of sp³-hybridized carbons (Fsp3) is 0.778. The molecule has 4 aliphatic carbocycles. The quantitative estimate of drug-likeness (QED) is 0.409. The lowest BCUT2D eigenvalue weighted by atomic mass is 9.50. The molecule has 0 saturated heterocycles. The number of esters is 2. The lowest BCUT2D eigenvalue weighted by Gasteiger charge is -2.59. The van der Waals surface area contributed by atoms with Crippen molar-refractivity contribution < 1.29 is 23.8 Å². The topological polar surface area (TPSA) is 61.8 Å². The second-order valence-electron chi connectivity index (χ2n) is 7.39. The molecule has 0 aromatic heterocycles. The minimum Gasteiger partial charge on any atom is -0.460 e. The first-order valence-electron chi connectivity index (χ1n) is 8.60. The highest BCUT2D eigenvalue weighted by Crippen LogP contribution is 2.59. The van der Waals surface area contributed by atoms with Crippen molar-refractivity contribution in [2.45, 2.75) is 44.6 Å². The van der Waals surface area contributed by atoms with Crippen LogP contribution in [-0.2, 0) is 23.8 Å². The van der Waals surface area contributed by atoms with Crippen LogP contribution in [0.3, 0.4) is 0 Å². The van der Waals surface area contributed by atoms with Gasteiger partial charge in [0.15, 0.2) is 0 Å². The van der Waals surface area contributed by atoms with Crippen LogP contribution in [0.4, 0.5) is 0 Å². The highest BCUT2D eigenvalue weighted by molar-refractivity contribution is 5.81. The van der Waals surface area contributed by atoms with Gasteiger partial charge in [-0.15, -0.1) is 0 Å². The van der Waals surface area contributed by atoms with Gasteiger partial charge in [-0.1, -0.05) is 6.58 Å². The molecule has 4 fully saturated rings. The summed E-state index contributed by atoms with van der Waals surface area (Å²) in [7, 11) is 0. The summed E-state index contributed by atoms with van der Waals surface area (Å²) >= 11 is 0. The van der Waals surface area contributed by atoms with Crippen LogP contribution in [0.1, 0.15) is 39.0 Å². The summed E-state index contributed by atoms with van der Waals surface area (Å²) < 4.78 is 15.9. The Morgan fingerprint density at radius 3 is 2.26 bits per heavy atom. The zero-order valence-corrected chi connectivity index (χ0v) is 13.8. The molecule has 0 unspecified atom stereocenters. The minimum absolute atomic E-state index is 0.0898. The fourth-order valence-corrected chi connectivity index (χ4v) is 4.98. The van der Waals surface area contributed by atoms with Crippen LogP contribution in [0, 0.1) is 23.7 Å². The zero-order chi connectivity index (χ0) is 16.4. The van der Waals surface area contributed by atoms with Gasteiger partial charge in [0.1, 0.15) is 18.8 Å². The molecule has 4 bridgehead atoms. The van der Waals surface area contributed by atoms with Gasteiger partial charge in [0.2, 0.25) is 0 Å². The van der Waals surface area contributed by atoms with Crippen LogP contribution in [-0.4, -0.2) is 37.4 Å². The lowest BCUT2D eigenvalue weighted by molar-refractivity contribution is -0.206. The molecule has 0 amide bonds. The fourth-order valence-electron chi connectivity index (χ4n) is 4.98. The molecule has 0 aliphatic heterocycles. The van der Waals surface area contributed by atoms with E-state index in [2.05, 4.69) is 13.5 Å². The van der Waals surface area contributed by atoms with E-state index in [-0.39, 0.29) is 31.4 Å². The second-order valence-corrected chi connectivity index (χ2v) is 7.39. The van der Waals surface area contributed by atoms with Crippen molar-refractivity contribution in [3.05, 3.63) is 12.7 Å². The Balaban J connectivity index is 1.43. The van der Waals surface area contributed by atoms with E-state index < -0.39 is 5.97 Å². The lowest BCUT2D eigenvalue weighted by Crippen LogP contribution is -2.58. The molecule has 5 heteroatoms. The molecular weight excluding hydrogens is 296 g/mol. The summed E-state index contributed by atoms with van der Waals surface area (Å²) in [5.74, 6) is 1.92. The van der Waals surface area contributed by atoms with Crippen molar-refractivity contribution >= 4 is 11.9 Å². The van der Waals surface area contributed by atoms with E-state index in [0.717, 1.165) is 17.9 Å². The third-order valence-electron chi connectivity index (χ3n) is 5.95. The van der Waals surface area contributed by atoms with Crippen molar-refractivity contribution in [2.24, 2.45) is 23.7 Å². The maximum atomic E-state index is 12.1. The van der Waals surface area contributed by atoms with E-state index in [1.165, 1.54) is 32.1 Å². The standard InChI is InChI=1S/C18H26O5/c1-3-16(19)22-5-4-21-11-17(20)23-18(2)14-7-12-6-13(9-14)10-15(18)8-12/h3,12-15H,1,4-11H2,2H3. The number of ether oxygens (including phenoxy) is 3. The molecule has 0 spiro atoms. The molecule has 0 heterocycles. The molecule has 128 valence electrons. The summed E-state index contributed by atoms with van der Waals surface area (Å²) in [5, 5.41) is 0. The third kappa shape index (κ3) is 3.44. The first kappa shape index (κ1) is 16.5. The Morgan fingerprint density at radius 1 is 1.09 bits per heavy atom. The maximum absolute atomic E-state index is 12.1. The molecule has 0 atom stereocenters. The molecule has 5 nitrogen and oxygen atoms in total.